The summed E-state index contributed by atoms with van der Waals surface area (Å²) in [5.74, 6) is 1.79. The third-order valence-corrected chi connectivity index (χ3v) is 4.79. The number of carbonyl (C=O) groups is 1. The first-order valence-corrected chi connectivity index (χ1v) is 9.22. The predicted molar refractivity (Wildman–Crippen MR) is 98.2 cm³/mol. The molecule has 0 unspecified atom stereocenters. The zero-order valence-corrected chi connectivity index (χ0v) is 15.5. The minimum atomic E-state index is -0.0842. The lowest BCUT2D eigenvalue weighted by Crippen LogP contribution is -2.40. The second kappa shape index (κ2) is 9.05. The quantitative estimate of drug-likeness (QED) is 0.729. The number of amides is 1. The van der Waals surface area contributed by atoms with E-state index in [9.17, 15) is 4.79 Å². The van der Waals surface area contributed by atoms with Gasteiger partial charge in [-0.1, -0.05) is 6.07 Å². The van der Waals surface area contributed by atoms with Crippen LogP contribution in [0.5, 0.6) is 11.5 Å². The third-order valence-electron chi connectivity index (χ3n) is 4.79. The lowest BCUT2D eigenvalue weighted by atomic mass is 9.96. The van der Waals surface area contributed by atoms with Crippen molar-refractivity contribution in [1.29, 1.82) is 0 Å². The Bertz CT molecular complexity index is 631. The lowest BCUT2D eigenvalue weighted by molar-refractivity contribution is -0.131. The SMILES string of the molecule is CCOc1cc(/C=C/C(=O)N2CCC(C3OCCO3)CC2)ccc1OC. The standard InChI is InChI=1S/C20H27NO5/c1-3-24-18-14-15(4-6-17(18)23-2)5-7-19(22)21-10-8-16(9-11-21)20-25-12-13-26-20/h4-7,14,16,20H,3,8-13H2,1-2H3/b7-5+. The van der Waals surface area contributed by atoms with Crippen molar-refractivity contribution in [2.75, 3.05) is 40.0 Å². The van der Waals surface area contributed by atoms with Crippen LogP contribution < -0.4 is 9.47 Å². The molecule has 0 bridgehead atoms. The fraction of sp³-hybridized carbons (Fsp3) is 0.550. The Morgan fingerprint density at radius 1 is 1.23 bits per heavy atom. The van der Waals surface area contributed by atoms with Crippen molar-refractivity contribution in [2.24, 2.45) is 5.92 Å². The summed E-state index contributed by atoms with van der Waals surface area (Å²) >= 11 is 0. The monoisotopic (exact) mass is 361 g/mol. The average Bonchev–Trinajstić information content (AvgIpc) is 3.21. The maximum atomic E-state index is 12.5. The molecule has 2 fully saturated rings. The van der Waals surface area contributed by atoms with Gasteiger partial charge in [-0.3, -0.25) is 4.79 Å². The van der Waals surface area contributed by atoms with Gasteiger partial charge in [-0.25, -0.2) is 0 Å². The van der Waals surface area contributed by atoms with Gasteiger partial charge in [-0.05, 0) is 43.5 Å². The average molecular weight is 361 g/mol. The Hall–Kier alpha value is -2.05. The van der Waals surface area contributed by atoms with E-state index in [1.165, 1.54) is 0 Å². The molecule has 0 N–H and O–H groups in total. The van der Waals surface area contributed by atoms with E-state index >= 15 is 0 Å². The molecule has 6 nitrogen and oxygen atoms in total. The number of hydrogen-bond donors (Lipinski definition) is 0. The van der Waals surface area contributed by atoms with Crippen LogP contribution in [0, 0.1) is 5.92 Å². The zero-order chi connectivity index (χ0) is 18.4. The van der Waals surface area contributed by atoms with Crippen LogP contribution in [-0.2, 0) is 14.3 Å². The van der Waals surface area contributed by atoms with Crippen LogP contribution >= 0.6 is 0 Å². The first-order valence-electron chi connectivity index (χ1n) is 9.22. The number of hydrogen-bond acceptors (Lipinski definition) is 5. The van der Waals surface area contributed by atoms with E-state index in [0.717, 1.165) is 31.5 Å². The van der Waals surface area contributed by atoms with Crippen LogP contribution in [0.15, 0.2) is 24.3 Å². The van der Waals surface area contributed by atoms with Crippen LogP contribution in [0.25, 0.3) is 6.08 Å². The minimum Gasteiger partial charge on any atom is -0.493 e. The molecule has 1 aromatic carbocycles. The molecule has 1 amide bonds. The highest BCUT2D eigenvalue weighted by Crippen LogP contribution is 2.29. The number of rotatable bonds is 6. The molecule has 3 rings (SSSR count). The maximum Gasteiger partial charge on any atom is 0.246 e. The summed E-state index contributed by atoms with van der Waals surface area (Å²) in [6, 6.07) is 5.64. The molecule has 2 heterocycles. The highest BCUT2D eigenvalue weighted by atomic mass is 16.7. The Kier molecular flexibility index (Phi) is 6.52. The fourth-order valence-electron chi connectivity index (χ4n) is 3.38. The number of carbonyl (C=O) groups excluding carboxylic acids is 1. The van der Waals surface area contributed by atoms with Gasteiger partial charge in [0.1, 0.15) is 0 Å². The highest BCUT2D eigenvalue weighted by Gasteiger charge is 2.31. The molecule has 0 aliphatic carbocycles. The van der Waals surface area contributed by atoms with Gasteiger partial charge in [0, 0.05) is 25.1 Å². The van der Waals surface area contributed by atoms with Crippen LogP contribution in [0.3, 0.4) is 0 Å². The minimum absolute atomic E-state index is 0.0329. The first-order chi connectivity index (χ1) is 12.7. The predicted octanol–water partition coefficient (Wildman–Crippen LogP) is 2.72. The van der Waals surface area contributed by atoms with Crippen molar-refractivity contribution in [3.05, 3.63) is 29.8 Å². The Labute approximate surface area is 154 Å². The van der Waals surface area contributed by atoms with Crippen molar-refractivity contribution in [2.45, 2.75) is 26.1 Å². The number of likely N-dealkylation sites (tertiary alicyclic amines) is 1. The van der Waals surface area contributed by atoms with Crippen LogP contribution in [0.4, 0.5) is 0 Å². The second-order valence-electron chi connectivity index (χ2n) is 6.45. The summed E-state index contributed by atoms with van der Waals surface area (Å²) in [6.45, 7) is 5.33. The fourth-order valence-corrected chi connectivity index (χ4v) is 3.38. The van der Waals surface area contributed by atoms with Crippen molar-refractivity contribution in [3.63, 3.8) is 0 Å². The molecule has 142 valence electrons. The molecule has 0 saturated carbocycles. The second-order valence-corrected chi connectivity index (χ2v) is 6.45. The molecule has 0 spiro atoms. The van der Waals surface area contributed by atoms with E-state index < -0.39 is 0 Å². The summed E-state index contributed by atoms with van der Waals surface area (Å²) in [7, 11) is 1.61. The molecule has 0 atom stereocenters. The van der Waals surface area contributed by atoms with Crippen LogP contribution in [-0.4, -0.2) is 57.1 Å². The van der Waals surface area contributed by atoms with E-state index in [1.54, 1.807) is 13.2 Å². The summed E-state index contributed by atoms with van der Waals surface area (Å²) in [5, 5.41) is 0. The highest BCUT2D eigenvalue weighted by molar-refractivity contribution is 5.91. The number of methoxy groups -OCH3 is 1. The molecule has 2 aliphatic heterocycles. The van der Waals surface area contributed by atoms with Crippen LogP contribution in [0.1, 0.15) is 25.3 Å². The van der Waals surface area contributed by atoms with Gasteiger partial charge in [0.15, 0.2) is 17.8 Å². The number of benzene rings is 1. The van der Waals surface area contributed by atoms with Gasteiger partial charge in [0.2, 0.25) is 5.91 Å². The van der Waals surface area contributed by atoms with E-state index in [2.05, 4.69) is 0 Å². The molecule has 6 heteroatoms. The molecule has 1 aromatic rings. The Morgan fingerprint density at radius 2 is 1.96 bits per heavy atom. The molecular formula is C20H27NO5. The summed E-state index contributed by atoms with van der Waals surface area (Å²) in [6.07, 6.45) is 5.20. The molecule has 0 aromatic heterocycles. The van der Waals surface area contributed by atoms with Gasteiger partial charge in [-0.2, -0.15) is 0 Å². The number of nitrogens with zero attached hydrogens (tertiary/aromatic N) is 1. The van der Waals surface area contributed by atoms with Crippen molar-refractivity contribution in [3.8, 4) is 11.5 Å². The van der Waals surface area contributed by atoms with Gasteiger partial charge < -0.3 is 23.8 Å². The molecular weight excluding hydrogens is 334 g/mol. The van der Waals surface area contributed by atoms with E-state index in [4.69, 9.17) is 18.9 Å². The summed E-state index contributed by atoms with van der Waals surface area (Å²) in [4.78, 5) is 14.3. The normalized spacial score (nSPS) is 19.2. The molecule has 26 heavy (non-hydrogen) atoms. The van der Waals surface area contributed by atoms with Crippen molar-refractivity contribution < 1.29 is 23.7 Å². The smallest absolute Gasteiger partial charge is 0.246 e. The zero-order valence-electron chi connectivity index (χ0n) is 15.5. The molecule has 2 saturated heterocycles. The number of piperidine rings is 1. The van der Waals surface area contributed by atoms with E-state index in [1.807, 2.05) is 36.1 Å². The summed E-state index contributed by atoms with van der Waals surface area (Å²) in [5.41, 5.74) is 0.908. The van der Waals surface area contributed by atoms with Gasteiger partial charge in [0.05, 0.1) is 26.9 Å². The van der Waals surface area contributed by atoms with Crippen molar-refractivity contribution >= 4 is 12.0 Å². The maximum absolute atomic E-state index is 12.5. The lowest BCUT2D eigenvalue weighted by Gasteiger charge is -2.33. The van der Waals surface area contributed by atoms with E-state index in [0.29, 0.717) is 37.2 Å². The number of ether oxygens (including phenoxy) is 4. The van der Waals surface area contributed by atoms with Gasteiger partial charge >= 0.3 is 0 Å². The largest absolute Gasteiger partial charge is 0.493 e. The Balaban J connectivity index is 1.55. The third kappa shape index (κ3) is 4.56. The van der Waals surface area contributed by atoms with Gasteiger partial charge in [0.25, 0.3) is 0 Å². The van der Waals surface area contributed by atoms with Crippen LogP contribution in [0.2, 0.25) is 0 Å². The topological polar surface area (TPSA) is 57.2 Å². The van der Waals surface area contributed by atoms with Gasteiger partial charge in [-0.15, -0.1) is 0 Å². The first kappa shape index (κ1) is 18.7. The Morgan fingerprint density at radius 3 is 2.62 bits per heavy atom. The molecule has 0 radical (unpaired) electrons. The van der Waals surface area contributed by atoms with Crippen molar-refractivity contribution in [1.82, 2.24) is 4.90 Å². The summed E-state index contributed by atoms with van der Waals surface area (Å²) < 4.78 is 22.0. The van der Waals surface area contributed by atoms with E-state index in [-0.39, 0.29) is 12.2 Å². The molecule has 2 aliphatic rings.